The summed E-state index contributed by atoms with van der Waals surface area (Å²) in [5.41, 5.74) is 2.57. The second-order valence-corrected chi connectivity index (χ2v) is 4.01. The standard InChI is InChI=1S/C8H7Cl2NO/c1-12-6-4-3-2-11(8(6)10)7(9)5(3)4/h3,7H,2H2,1H3/t3?,7-/m1/s1. The van der Waals surface area contributed by atoms with Crippen LogP contribution in [0.2, 0.25) is 0 Å². The van der Waals surface area contributed by atoms with Gasteiger partial charge in [0.1, 0.15) is 10.7 Å². The predicted octanol–water partition coefficient (Wildman–Crippen LogP) is 1.86. The van der Waals surface area contributed by atoms with Crippen LogP contribution in [0.1, 0.15) is 0 Å². The summed E-state index contributed by atoms with van der Waals surface area (Å²) in [5.74, 6) is 1.38. The average molecular weight is 204 g/mol. The first-order valence-electron chi connectivity index (χ1n) is 3.84. The minimum absolute atomic E-state index is 0.00333. The molecule has 2 atom stereocenters. The number of rotatable bonds is 1. The van der Waals surface area contributed by atoms with Crippen LogP contribution in [0.15, 0.2) is 22.1 Å². The predicted molar refractivity (Wildman–Crippen MR) is 46.8 cm³/mol. The molecule has 1 saturated heterocycles. The lowest BCUT2D eigenvalue weighted by Gasteiger charge is -2.28. The minimum Gasteiger partial charge on any atom is -0.493 e. The van der Waals surface area contributed by atoms with Gasteiger partial charge in [0.25, 0.3) is 0 Å². The molecule has 64 valence electrons. The van der Waals surface area contributed by atoms with Crippen molar-refractivity contribution in [1.29, 1.82) is 0 Å². The summed E-state index contributed by atoms with van der Waals surface area (Å²) < 4.78 is 5.20. The van der Waals surface area contributed by atoms with E-state index in [1.807, 2.05) is 4.90 Å². The molecule has 1 aliphatic carbocycles. The van der Waals surface area contributed by atoms with Crippen LogP contribution in [0.5, 0.6) is 0 Å². The fourth-order valence-electron chi connectivity index (χ4n) is 2.13. The molecule has 1 fully saturated rings. The number of alkyl halides is 1. The second-order valence-electron chi connectivity index (χ2n) is 3.23. The fraction of sp³-hybridized carbons (Fsp3) is 0.500. The van der Waals surface area contributed by atoms with Crippen LogP contribution in [-0.2, 0) is 4.74 Å². The van der Waals surface area contributed by atoms with Gasteiger partial charge in [0.15, 0.2) is 5.76 Å². The monoisotopic (exact) mass is 203 g/mol. The molecule has 4 heteroatoms. The molecule has 0 saturated carbocycles. The molecule has 0 amide bonds. The summed E-state index contributed by atoms with van der Waals surface area (Å²) in [6.07, 6.45) is 0. The maximum absolute atomic E-state index is 6.11. The van der Waals surface area contributed by atoms with Gasteiger partial charge in [-0.1, -0.05) is 23.2 Å². The van der Waals surface area contributed by atoms with Gasteiger partial charge in [0.05, 0.1) is 7.11 Å². The Balaban J connectivity index is 2.13. The fourth-order valence-corrected chi connectivity index (χ4v) is 2.98. The van der Waals surface area contributed by atoms with Crippen molar-refractivity contribution >= 4 is 23.2 Å². The molecule has 12 heavy (non-hydrogen) atoms. The van der Waals surface area contributed by atoms with Crippen LogP contribution in [0.3, 0.4) is 0 Å². The number of hydrogen-bond acceptors (Lipinski definition) is 2. The van der Waals surface area contributed by atoms with E-state index in [9.17, 15) is 0 Å². The molecule has 0 N–H and O–H groups in total. The van der Waals surface area contributed by atoms with Crippen molar-refractivity contribution in [2.24, 2.45) is 5.92 Å². The van der Waals surface area contributed by atoms with E-state index in [0.717, 1.165) is 12.3 Å². The number of hydrogen-bond donors (Lipinski definition) is 0. The quantitative estimate of drug-likeness (QED) is 0.477. The zero-order valence-electron chi connectivity index (χ0n) is 6.47. The first-order valence-corrected chi connectivity index (χ1v) is 4.66. The van der Waals surface area contributed by atoms with Crippen molar-refractivity contribution in [3.8, 4) is 0 Å². The second kappa shape index (κ2) is 1.94. The van der Waals surface area contributed by atoms with Crippen LogP contribution >= 0.6 is 23.2 Å². The molecule has 4 rings (SSSR count). The molecular weight excluding hydrogens is 197 g/mol. The molecule has 0 aromatic rings. The first-order chi connectivity index (χ1) is 5.75. The van der Waals surface area contributed by atoms with Crippen molar-refractivity contribution in [3.63, 3.8) is 0 Å². The third-order valence-electron chi connectivity index (χ3n) is 2.75. The molecule has 0 aromatic carbocycles. The minimum atomic E-state index is -0.00333. The smallest absolute Gasteiger partial charge is 0.157 e. The summed E-state index contributed by atoms with van der Waals surface area (Å²) >= 11 is 12.2. The Labute approximate surface area is 80.4 Å². The van der Waals surface area contributed by atoms with E-state index in [0.29, 0.717) is 11.1 Å². The Bertz CT molecular complexity index is 334. The van der Waals surface area contributed by atoms with Gasteiger partial charge in [-0.05, 0) is 5.57 Å². The molecule has 0 spiro atoms. The average Bonchev–Trinajstić information content (AvgIpc) is 2.67. The molecule has 3 heterocycles. The summed E-state index contributed by atoms with van der Waals surface area (Å²) in [6.45, 7) is 0.949. The van der Waals surface area contributed by atoms with E-state index >= 15 is 0 Å². The lowest BCUT2D eigenvalue weighted by Crippen LogP contribution is -2.30. The largest absolute Gasteiger partial charge is 0.493 e. The molecule has 0 aromatic heterocycles. The topological polar surface area (TPSA) is 12.5 Å². The van der Waals surface area contributed by atoms with E-state index in [4.69, 9.17) is 27.9 Å². The van der Waals surface area contributed by atoms with Crippen molar-refractivity contribution in [2.75, 3.05) is 13.7 Å². The highest BCUT2D eigenvalue weighted by Gasteiger charge is 2.57. The SMILES string of the molecule is COC1=C(Cl)N2CC3C1=C3[C@@H]2Cl. The number of nitrogens with zero attached hydrogens (tertiary/aromatic N) is 1. The van der Waals surface area contributed by atoms with Gasteiger partial charge >= 0.3 is 0 Å². The Morgan fingerprint density at radius 2 is 2.33 bits per heavy atom. The Hall–Kier alpha value is -0.340. The van der Waals surface area contributed by atoms with E-state index in [1.165, 1.54) is 11.1 Å². The van der Waals surface area contributed by atoms with Gasteiger partial charge in [-0.25, -0.2) is 0 Å². The summed E-state index contributed by atoms with van der Waals surface area (Å²) in [7, 11) is 1.65. The molecule has 2 nitrogen and oxygen atoms in total. The van der Waals surface area contributed by atoms with Crippen molar-refractivity contribution in [1.82, 2.24) is 4.90 Å². The lowest BCUT2D eigenvalue weighted by atomic mass is 10.2. The summed E-state index contributed by atoms with van der Waals surface area (Å²) in [6, 6.07) is 0. The molecule has 4 bridgehead atoms. The normalized spacial score (nSPS) is 36.4. The van der Waals surface area contributed by atoms with Crippen molar-refractivity contribution in [2.45, 2.75) is 5.50 Å². The lowest BCUT2D eigenvalue weighted by molar-refractivity contribution is 0.261. The van der Waals surface area contributed by atoms with E-state index < -0.39 is 0 Å². The number of methoxy groups -OCH3 is 1. The van der Waals surface area contributed by atoms with Crippen LogP contribution in [-0.4, -0.2) is 24.1 Å². The Morgan fingerprint density at radius 1 is 1.58 bits per heavy atom. The zero-order chi connectivity index (χ0) is 8.46. The number of halogens is 2. The van der Waals surface area contributed by atoms with Gasteiger partial charge in [-0.2, -0.15) is 0 Å². The van der Waals surface area contributed by atoms with Gasteiger partial charge in [0.2, 0.25) is 0 Å². The highest BCUT2D eigenvalue weighted by Crippen LogP contribution is 2.60. The zero-order valence-corrected chi connectivity index (χ0v) is 7.99. The number of ether oxygens (including phenoxy) is 1. The molecule has 1 unspecified atom stereocenters. The van der Waals surface area contributed by atoms with Gasteiger partial charge < -0.3 is 9.64 Å². The first kappa shape index (κ1) is 7.10. The van der Waals surface area contributed by atoms with E-state index in [2.05, 4.69) is 0 Å². The summed E-state index contributed by atoms with van der Waals surface area (Å²) in [4.78, 5) is 1.98. The van der Waals surface area contributed by atoms with Crippen molar-refractivity contribution in [3.05, 3.63) is 22.1 Å². The third-order valence-corrected chi connectivity index (χ3v) is 3.61. The maximum Gasteiger partial charge on any atom is 0.157 e. The van der Waals surface area contributed by atoms with Gasteiger partial charge in [-0.15, -0.1) is 0 Å². The van der Waals surface area contributed by atoms with Crippen LogP contribution in [0.25, 0.3) is 0 Å². The number of allylic oxidation sites excluding steroid dienone is 1. The molecule has 0 radical (unpaired) electrons. The highest BCUT2D eigenvalue weighted by atomic mass is 35.5. The van der Waals surface area contributed by atoms with Crippen LogP contribution in [0, 0.1) is 5.92 Å². The van der Waals surface area contributed by atoms with Gasteiger partial charge in [-0.3, -0.25) is 0 Å². The highest BCUT2D eigenvalue weighted by molar-refractivity contribution is 6.32. The van der Waals surface area contributed by atoms with E-state index in [1.54, 1.807) is 7.11 Å². The van der Waals surface area contributed by atoms with E-state index in [-0.39, 0.29) is 5.50 Å². The van der Waals surface area contributed by atoms with Crippen molar-refractivity contribution < 1.29 is 4.74 Å². The molecule has 4 aliphatic rings. The Morgan fingerprint density at radius 3 is 2.83 bits per heavy atom. The van der Waals surface area contributed by atoms with Crippen LogP contribution < -0.4 is 0 Å². The maximum atomic E-state index is 6.11. The third kappa shape index (κ3) is 0.570. The summed E-state index contributed by atoms with van der Waals surface area (Å²) in [5, 5.41) is 0.671. The Kier molecular flexibility index (Phi) is 1.15. The van der Waals surface area contributed by atoms with Crippen LogP contribution in [0.4, 0.5) is 0 Å². The molecular formula is C8H7Cl2NO. The molecule has 3 aliphatic heterocycles. The van der Waals surface area contributed by atoms with Gasteiger partial charge in [0, 0.05) is 18.0 Å².